The van der Waals surface area contributed by atoms with Crippen LogP contribution in [-0.4, -0.2) is 9.15 Å². The maximum absolute atomic E-state index is 10.4. The summed E-state index contributed by atoms with van der Waals surface area (Å²) in [4.78, 5) is 8.61. The molecule has 0 aliphatic heterocycles. The van der Waals surface area contributed by atoms with Gasteiger partial charge in [-0.3, -0.25) is 0 Å². The Labute approximate surface area is 58.1 Å². The summed E-state index contributed by atoms with van der Waals surface area (Å²) in [6.45, 7) is 1.98. The van der Waals surface area contributed by atoms with E-state index in [1.165, 1.54) is 0 Å². The van der Waals surface area contributed by atoms with Gasteiger partial charge in [0.1, 0.15) is 0 Å². The second kappa shape index (κ2) is 4.67. The van der Waals surface area contributed by atoms with Gasteiger partial charge in [-0.1, -0.05) is 0 Å². The normalized spacial score (nSPS) is 16.9. The Kier molecular flexibility index (Phi) is 5.14. The predicted molar refractivity (Wildman–Crippen MR) is 31.2 cm³/mol. The third-order valence-electron chi connectivity index (χ3n) is 1.33. The van der Waals surface area contributed by atoms with Gasteiger partial charge in [0.2, 0.25) is 0 Å². The van der Waals surface area contributed by atoms with Crippen molar-refractivity contribution in [1.29, 1.82) is 0 Å². The summed E-state index contributed by atoms with van der Waals surface area (Å²) in [6.07, 6.45) is 0.908. The van der Waals surface area contributed by atoms with E-state index in [0.717, 1.165) is 6.42 Å². The SMILES string of the molecule is CC[CH]([Zn][CH3])[PH](=O)O. The van der Waals surface area contributed by atoms with Crippen molar-refractivity contribution in [1.82, 2.24) is 0 Å². The molecule has 0 aromatic heterocycles. The zero-order chi connectivity index (χ0) is 6.57. The van der Waals surface area contributed by atoms with Crippen LogP contribution in [-0.2, 0) is 21.7 Å². The van der Waals surface area contributed by atoms with Crippen LogP contribution in [0.2, 0.25) is 5.52 Å². The average molecular weight is 187 g/mol. The Bertz CT molecular complexity index is 82.1. The van der Waals surface area contributed by atoms with E-state index in [1.54, 1.807) is 0 Å². The van der Waals surface area contributed by atoms with Gasteiger partial charge in [0.15, 0.2) is 0 Å². The van der Waals surface area contributed by atoms with Crippen molar-refractivity contribution in [2.75, 3.05) is 0 Å². The molecule has 0 spiro atoms. The van der Waals surface area contributed by atoms with Crippen molar-refractivity contribution in [2.24, 2.45) is 0 Å². The summed E-state index contributed by atoms with van der Waals surface area (Å²) < 4.78 is 10.6. The molecular weight excluding hydrogens is 176 g/mol. The quantitative estimate of drug-likeness (QED) is 0.535. The molecule has 0 rings (SSSR count). The fourth-order valence-corrected chi connectivity index (χ4v) is 4.75. The Balaban J connectivity index is 3.52. The molecule has 0 radical (unpaired) electrons. The minimum atomic E-state index is -2.14. The summed E-state index contributed by atoms with van der Waals surface area (Å²) in [5.74, 6) is 0. The fraction of sp³-hybridized carbons (Fsp3) is 1.00. The first-order valence-corrected chi connectivity index (χ1v) is 9.06. The molecule has 8 heavy (non-hydrogen) atoms. The zero-order valence-electron chi connectivity index (χ0n) is 5.35. The van der Waals surface area contributed by atoms with E-state index in [-0.39, 0.29) is 4.25 Å². The Morgan fingerprint density at radius 3 is 2.38 bits per heavy atom. The summed E-state index contributed by atoms with van der Waals surface area (Å²) in [6, 6.07) is 0. The van der Waals surface area contributed by atoms with Gasteiger partial charge < -0.3 is 0 Å². The van der Waals surface area contributed by atoms with Gasteiger partial charge >= 0.3 is 57.7 Å². The molecule has 0 aromatic carbocycles. The third kappa shape index (κ3) is 2.96. The van der Waals surface area contributed by atoms with Crippen LogP contribution in [0.4, 0.5) is 0 Å². The molecule has 0 aromatic rings. The van der Waals surface area contributed by atoms with Gasteiger partial charge in [-0.05, 0) is 0 Å². The first kappa shape index (κ1) is 8.81. The zero-order valence-corrected chi connectivity index (χ0v) is 9.31. The predicted octanol–water partition coefficient (Wildman–Crippen LogP) is 1.32. The Morgan fingerprint density at radius 1 is 1.88 bits per heavy atom. The van der Waals surface area contributed by atoms with Crippen LogP contribution < -0.4 is 0 Å². The van der Waals surface area contributed by atoms with E-state index in [0.29, 0.717) is 0 Å². The van der Waals surface area contributed by atoms with E-state index in [1.807, 2.05) is 6.92 Å². The molecule has 0 bridgehead atoms. The molecule has 2 unspecified atom stereocenters. The summed E-state index contributed by atoms with van der Waals surface area (Å²) in [5, 5.41) is 0. The summed E-state index contributed by atoms with van der Waals surface area (Å²) in [7, 11) is -2.14. The molecule has 2 atom stereocenters. The molecule has 0 aliphatic rings. The molecule has 0 fully saturated rings. The van der Waals surface area contributed by atoms with Crippen LogP contribution in [0.5, 0.6) is 0 Å². The maximum atomic E-state index is 10.4. The van der Waals surface area contributed by atoms with Crippen LogP contribution in [0.25, 0.3) is 0 Å². The van der Waals surface area contributed by atoms with Crippen LogP contribution >= 0.6 is 8.03 Å². The number of rotatable bonds is 3. The molecule has 0 saturated heterocycles. The number of hydrogen-bond acceptors (Lipinski definition) is 1. The van der Waals surface area contributed by atoms with E-state index in [4.69, 9.17) is 4.89 Å². The molecule has 46 valence electrons. The molecule has 0 aliphatic carbocycles. The Hall–Kier alpha value is 0.813. The van der Waals surface area contributed by atoms with Crippen LogP contribution in [0, 0.1) is 0 Å². The Morgan fingerprint density at radius 2 is 2.38 bits per heavy atom. The molecule has 4 heteroatoms. The van der Waals surface area contributed by atoms with Crippen LogP contribution in [0.3, 0.4) is 0 Å². The van der Waals surface area contributed by atoms with Gasteiger partial charge in [0.05, 0.1) is 0 Å². The monoisotopic (exact) mass is 186 g/mol. The second-order valence-electron chi connectivity index (χ2n) is 1.85. The number of hydrogen-bond donors (Lipinski definition) is 1. The molecule has 1 N–H and O–H groups in total. The van der Waals surface area contributed by atoms with Crippen molar-refractivity contribution >= 4 is 8.03 Å². The van der Waals surface area contributed by atoms with Gasteiger partial charge in [0, 0.05) is 0 Å². The van der Waals surface area contributed by atoms with Crippen molar-refractivity contribution in [3.63, 3.8) is 0 Å². The fourth-order valence-electron chi connectivity index (χ4n) is 0.638. The summed E-state index contributed by atoms with van der Waals surface area (Å²) >= 11 is -0.608. The van der Waals surface area contributed by atoms with Crippen LogP contribution in [0.1, 0.15) is 13.3 Å². The summed E-state index contributed by atoms with van der Waals surface area (Å²) in [5.41, 5.74) is 2.12. The molecule has 0 amide bonds. The molecule has 2 nitrogen and oxygen atoms in total. The molecular formula is C4H11O2PZn. The van der Waals surface area contributed by atoms with E-state index in [2.05, 4.69) is 5.52 Å². The van der Waals surface area contributed by atoms with Gasteiger partial charge in [-0.2, -0.15) is 0 Å². The molecule has 0 saturated carbocycles. The van der Waals surface area contributed by atoms with E-state index < -0.39 is 25.2 Å². The van der Waals surface area contributed by atoms with Crippen molar-refractivity contribution in [3.05, 3.63) is 0 Å². The van der Waals surface area contributed by atoms with Crippen LogP contribution in [0.15, 0.2) is 0 Å². The topological polar surface area (TPSA) is 37.3 Å². The van der Waals surface area contributed by atoms with Gasteiger partial charge in [-0.25, -0.2) is 0 Å². The van der Waals surface area contributed by atoms with Crippen molar-refractivity contribution < 1.29 is 26.6 Å². The van der Waals surface area contributed by atoms with Gasteiger partial charge in [0.25, 0.3) is 0 Å². The van der Waals surface area contributed by atoms with Crippen molar-refractivity contribution in [3.8, 4) is 0 Å². The minimum absolute atomic E-state index is 0.243. The first-order chi connectivity index (χ1) is 3.72. The first-order valence-electron chi connectivity index (χ1n) is 2.95. The third-order valence-corrected chi connectivity index (χ3v) is 10.0. The average Bonchev–Trinajstić information content (AvgIpc) is 1.69. The van der Waals surface area contributed by atoms with E-state index >= 15 is 0 Å². The second-order valence-corrected chi connectivity index (χ2v) is 8.84. The molecule has 0 heterocycles. The van der Waals surface area contributed by atoms with E-state index in [9.17, 15) is 4.57 Å². The standard InChI is InChI=1S/C3H8O2P.CH3.Zn/c1-2-3-6(4)5;;/h3,6H,2H2,1H3,(H,4,5);1H3;. The van der Waals surface area contributed by atoms with Gasteiger partial charge in [-0.15, -0.1) is 0 Å². The van der Waals surface area contributed by atoms with Crippen molar-refractivity contribution in [2.45, 2.75) is 23.1 Å².